The zero-order chi connectivity index (χ0) is 14.4. The van der Waals surface area contributed by atoms with Crippen molar-refractivity contribution in [2.75, 3.05) is 20.8 Å². The molecule has 1 aromatic heterocycles. The van der Waals surface area contributed by atoms with E-state index in [1.807, 2.05) is 13.8 Å². The maximum atomic E-state index is 12.0. The SMILES string of the molecule is CCOC(=O)C(c1nc(OC)cc(OC)n1)C(C)C. The van der Waals surface area contributed by atoms with Crippen LogP contribution >= 0.6 is 0 Å². The second kappa shape index (κ2) is 6.92. The molecule has 6 nitrogen and oxygen atoms in total. The molecule has 1 rings (SSSR count). The van der Waals surface area contributed by atoms with E-state index in [0.29, 0.717) is 24.2 Å². The summed E-state index contributed by atoms with van der Waals surface area (Å²) in [4.78, 5) is 20.4. The lowest BCUT2D eigenvalue weighted by molar-refractivity contribution is -0.146. The maximum Gasteiger partial charge on any atom is 0.316 e. The third kappa shape index (κ3) is 3.81. The van der Waals surface area contributed by atoms with E-state index in [1.165, 1.54) is 14.2 Å². The molecular weight excluding hydrogens is 248 g/mol. The Morgan fingerprint density at radius 3 is 2.11 bits per heavy atom. The van der Waals surface area contributed by atoms with Crippen LogP contribution in [0.2, 0.25) is 0 Å². The van der Waals surface area contributed by atoms with Gasteiger partial charge in [-0.25, -0.2) is 0 Å². The third-order valence-electron chi connectivity index (χ3n) is 2.60. The van der Waals surface area contributed by atoms with Gasteiger partial charge in [-0.3, -0.25) is 4.79 Å². The normalized spacial score (nSPS) is 12.1. The Hall–Kier alpha value is -1.85. The Labute approximate surface area is 113 Å². The standard InChI is InChI=1S/C13H20N2O4/c1-6-19-13(16)11(8(2)3)12-14-9(17-4)7-10(15-12)18-5/h7-8,11H,6H2,1-5H3. The molecule has 0 spiro atoms. The van der Waals surface area contributed by atoms with Crippen molar-refractivity contribution in [3.63, 3.8) is 0 Å². The Morgan fingerprint density at radius 1 is 1.21 bits per heavy atom. The minimum Gasteiger partial charge on any atom is -0.481 e. The van der Waals surface area contributed by atoms with Crippen LogP contribution in [-0.4, -0.2) is 36.8 Å². The molecule has 0 aliphatic rings. The van der Waals surface area contributed by atoms with Gasteiger partial charge in [-0.2, -0.15) is 9.97 Å². The molecule has 6 heteroatoms. The molecule has 0 saturated heterocycles. The number of carbonyl (C=O) groups is 1. The fraction of sp³-hybridized carbons (Fsp3) is 0.615. The molecule has 0 bridgehead atoms. The molecule has 0 N–H and O–H groups in total. The zero-order valence-electron chi connectivity index (χ0n) is 12.0. The Balaban J connectivity index is 3.18. The van der Waals surface area contributed by atoms with E-state index in [4.69, 9.17) is 14.2 Å². The summed E-state index contributed by atoms with van der Waals surface area (Å²) in [6.07, 6.45) is 0. The Morgan fingerprint density at radius 2 is 1.74 bits per heavy atom. The van der Waals surface area contributed by atoms with Crippen LogP contribution in [0.4, 0.5) is 0 Å². The first-order valence-corrected chi connectivity index (χ1v) is 6.17. The first-order chi connectivity index (χ1) is 9.03. The number of nitrogens with zero attached hydrogens (tertiary/aromatic N) is 2. The highest BCUT2D eigenvalue weighted by molar-refractivity contribution is 5.77. The largest absolute Gasteiger partial charge is 0.481 e. The summed E-state index contributed by atoms with van der Waals surface area (Å²) >= 11 is 0. The topological polar surface area (TPSA) is 70.5 Å². The van der Waals surface area contributed by atoms with Crippen LogP contribution in [0.3, 0.4) is 0 Å². The van der Waals surface area contributed by atoms with Crippen molar-refractivity contribution >= 4 is 5.97 Å². The molecule has 0 radical (unpaired) electrons. The summed E-state index contributed by atoms with van der Waals surface area (Å²) < 4.78 is 15.2. The zero-order valence-corrected chi connectivity index (χ0v) is 12.0. The Kier molecular flexibility index (Phi) is 5.54. The predicted molar refractivity (Wildman–Crippen MR) is 69.3 cm³/mol. The monoisotopic (exact) mass is 268 g/mol. The number of ether oxygens (including phenoxy) is 3. The number of hydrogen-bond donors (Lipinski definition) is 0. The van der Waals surface area contributed by atoms with Gasteiger partial charge in [0.15, 0.2) is 5.82 Å². The van der Waals surface area contributed by atoms with Crippen LogP contribution in [0.1, 0.15) is 32.5 Å². The van der Waals surface area contributed by atoms with Gasteiger partial charge >= 0.3 is 5.97 Å². The summed E-state index contributed by atoms with van der Waals surface area (Å²) in [6.45, 7) is 5.92. The molecule has 19 heavy (non-hydrogen) atoms. The molecule has 1 atom stereocenters. The van der Waals surface area contributed by atoms with Crippen LogP contribution in [0.5, 0.6) is 11.8 Å². The first kappa shape index (κ1) is 15.2. The highest BCUT2D eigenvalue weighted by atomic mass is 16.5. The van der Waals surface area contributed by atoms with Gasteiger partial charge in [-0.05, 0) is 12.8 Å². The molecule has 106 valence electrons. The number of aromatic nitrogens is 2. The van der Waals surface area contributed by atoms with Crippen LogP contribution < -0.4 is 9.47 Å². The molecule has 1 aromatic rings. The van der Waals surface area contributed by atoms with Gasteiger partial charge in [0.25, 0.3) is 0 Å². The van der Waals surface area contributed by atoms with Crippen LogP contribution in [0.15, 0.2) is 6.07 Å². The van der Waals surface area contributed by atoms with E-state index >= 15 is 0 Å². The lowest BCUT2D eigenvalue weighted by atomic mass is 9.95. The minimum absolute atomic E-state index is 0.0101. The molecular formula is C13H20N2O4. The molecule has 0 fully saturated rings. The fourth-order valence-electron chi connectivity index (χ4n) is 1.68. The molecule has 1 unspecified atom stereocenters. The molecule has 0 amide bonds. The second-order valence-electron chi connectivity index (χ2n) is 4.28. The number of carbonyl (C=O) groups excluding carboxylic acids is 1. The maximum absolute atomic E-state index is 12.0. The summed E-state index contributed by atoms with van der Waals surface area (Å²) in [5.74, 6) is 0.200. The van der Waals surface area contributed by atoms with Gasteiger partial charge in [-0.15, -0.1) is 0 Å². The highest BCUT2D eigenvalue weighted by Crippen LogP contribution is 2.26. The van der Waals surface area contributed by atoms with Crippen LogP contribution in [0.25, 0.3) is 0 Å². The number of rotatable bonds is 6. The van der Waals surface area contributed by atoms with Crippen molar-refractivity contribution < 1.29 is 19.0 Å². The average Bonchev–Trinajstić information content (AvgIpc) is 2.38. The summed E-state index contributed by atoms with van der Waals surface area (Å²) in [5.41, 5.74) is 0. The van der Waals surface area contributed by atoms with E-state index in [1.54, 1.807) is 13.0 Å². The van der Waals surface area contributed by atoms with E-state index in [0.717, 1.165) is 0 Å². The number of methoxy groups -OCH3 is 2. The van der Waals surface area contributed by atoms with Gasteiger partial charge in [0.1, 0.15) is 5.92 Å². The summed E-state index contributed by atoms with van der Waals surface area (Å²) in [6, 6.07) is 1.56. The quantitative estimate of drug-likeness (QED) is 0.733. The van der Waals surface area contributed by atoms with Crippen molar-refractivity contribution in [1.82, 2.24) is 9.97 Å². The minimum atomic E-state index is -0.538. The van der Waals surface area contributed by atoms with Crippen LogP contribution in [-0.2, 0) is 9.53 Å². The molecule has 0 aromatic carbocycles. The summed E-state index contributed by atoms with van der Waals surface area (Å²) in [7, 11) is 3.00. The molecule has 1 heterocycles. The van der Waals surface area contributed by atoms with Gasteiger partial charge < -0.3 is 14.2 Å². The number of hydrogen-bond acceptors (Lipinski definition) is 6. The van der Waals surface area contributed by atoms with Crippen LogP contribution in [0, 0.1) is 5.92 Å². The fourth-order valence-corrected chi connectivity index (χ4v) is 1.68. The molecule has 0 aliphatic heterocycles. The molecule has 0 saturated carbocycles. The summed E-state index contributed by atoms with van der Waals surface area (Å²) in [5, 5.41) is 0. The Bertz CT molecular complexity index is 412. The lowest BCUT2D eigenvalue weighted by Crippen LogP contribution is -2.23. The van der Waals surface area contributed by atoms with Crippen molar-refractivity contribution in [1.29, 1.82) is 0 Å². The second-order valence-corrected chi connectivity index (χ2v) is 4.28. The van der Waals surface area contributed by atoms with Crippen molar-refractivity contribution in [3.05, 3.63) is 11.9 Å². The van der Waals surface area contributed by atoms with Crippen molar-refractivity contribution in [3.8, 4) is 11.8 Å². The molecule has 0 aliphatic carbocycles. The van der Waals surface area contributed by atoms with Gasteiger partial charge in [0, 0.05) is 0 Å². The van der Waals surface area contributed by atoms with Gasteiger partial charge in [0.2, 0.25) is 11.8 Å². The first-order valence-electron chi connectivity index (χ1n) is 6.17. The van der Waals surface area contributed by atoms with E-state index in [2.05, 4.69) is 9.97 Å². The lowest BCUT2D eigenvalue weighted by Gasteiger charge is -2.18. The average molecular weight is 268 g/mol. The van der Waals surface area contributed by atoms with Crippen molar-refractivity contribution in [2.24, 2.45) is 5.92 Å². The van der Waals surface area contributed by atoms with E-state index in [-0.39, 0.29) is 11.9 Å². The smallest absolute Gasteiger partial charge is 0.316 e. The van der Waals surface area contributed by atoms with Crippen molar-refractivity contribution in [2.45, 2.75) is 26.7 Å². The predicted octanol–water partition coefficient (Wildman–Crippen LogP) is 1.80. The van der Waals surface area contributed by atoms with E-state index < -0.39 is 5.92 Å². The van der Waals surface area contributed by atoms with Gasteiger partial charge in [-0.1, -0.05) is 13.8 Å². The highest BCUT2D eigenvalue weighted by Gasteiger charge is 2.29. The van der Waals surface area contributed by atoms with Gasteiger partial charge in [0.05, 0.1) is 26.9 Å². The number of esters is 1. The third-order valence-corrected chi connectivity index (χ3v) is 2.60. The van der Waals surface area contributed by atoms with E-state index in [9.17, 15) is 4.79 Å².